The SMILES string of the molecule is CCS(=O)(=O)c1ccc2oc(-c3cc([N+](=O)[O-])ccc3OS(=O)(=O)c3cccc(Cl)c3Cl)nc2c1. The highest BCUT2D eigenvalue weighted by Crippen LogP contribution is 2.38. The average Bonchev–Trinajstić information content (AvgIpc) is 3.24. The maximum atomic E-state index is 12.9. The largest absolute Gasteiger partial charge is 0.436 e. The number of aromatic nitrogens is 1. The molecule has 0 N–H and O–H groups in total. The standard InChI is InChI=1S/C21H14Cl2N2O8S2/c1-2-34(28,29)13-7-9-18-16(11-13)24-21(32-18)14-10-12(25(26)27)6-8-17(14)33-35(30,31)19-5-3-4-15(22)20(19)23/h3-11H,2H2,1H3. The summed E-state index contributed by atoms with van der Waals surface area (Å²) in [7, 11) is -8.06. The van der Waals surface area contributed by atoms with Crippen molar-refractivity contribution >= 4 is 59.9 Å². The molecule has 0 amide bonds. The van der Waals surface area contributed by atoms with Gasteiger partial charge in [-0.3, -0.25) is 10.1 Å². The van der Waals surface area contributed by atoms with E-state index in [2.05, 4.69) is 4.98 Å². The van der Waals surface area contributed by atoms with Crippen LogP contribution in [0.15, 0.2) is 68.8 Å². The number of hydrogen-bond acceptors (Lipinski definition) is 9. The fourth-order valence-electron chi connectivity index (χ4n) is 3.09. The van der Waals surface area contributed by atoms with Crippen LogP contribution in [0.3, 0.4) is 0 Å². The van der Waals surface area contributed by atoms with Gasteiger partial charge in [0.1, 0.15) is 10.4 Å². The molecule has 0 atom stereocenters. The predicted molar refractivity (Wildman–Crippen MR) is 128 cm³/mol. The molecule has 0 fully saturated rings. The fourth-order valence-corrected chi connectivity index (χ4v) is 5.68. The number of hydrogen-bond donors (Lipinski definition) is 0. The fraction of sp³-hybridized carbons (Fsp3) is 0.0952. The van der Waals surface area contributed by atoms with E-state index in [4.69, 9.17) is 31.8 Å². The molecule has 0 spiro atoms. The number of fused-ring (bicyclic) bond motifs is 1. The van der Waals surface area contributed by atoms with Gasteiger partial charge in [0.15, 0.2) is 21.2 Å². The number of nitro benzene ring substituents is 1. The Kier molecular flexibility index (Phi) is 6.49. The van der Waals surface area contributed by atoms with Gasteiger partial charge in [-0.25, -0.2) is 13.4 Å². The number of sulfone groups is 1. The number of halogens is 2. The third-order valence-electron chi connectivity index (χ3n) is 4.89. The van der Waals surface area contributed by atoms with Gasteiger partial charge in [0.05, 0.1) is 31.2 Å². The van der Waals surface area contributed by atoms with E-state index in [9.17, 15) is 26.9 Å². The van der Waals surface area contributed by atoms with E-state index in [1.807, 2.05) is 0 Å². The topological polar surface area (TPSA) is 147 Å². The minimum absolute atomic E-state index is 0.0149. The second-order valence-corrected chi connectivity index (χ2v) is 11.7. The number of nitro groups is 1. The minimum Gasteiger partial charge on any atom is -0.436 e. The van der Waals surface area contributed by atoms with Crippen molar-refractivity contribution in [3.05, 3.63) is 74.8 Å². The lowest BCUT2D eigenvalue weighted by Gasteiger charge is -2.11. The highest BCUT2D eigenvalue weighted by atomic mass is 35.5. The summed E-state index contributed by atoms with van der Waals surface area (Å²) >= 11 is 11.9. The van der Waals surface area contributed by atoms with Gasteiger partial charge in [0, 0.05) is 12.1 Å². The molecule has 0 bridgehead atoms. The van der Waals surface area contributed by atoms with Crippen LogP contribution >= 0.6 is 23.2 Å². The van der Waals surface area contributed by atoms with Gasteiger partial charge in [-0.05, 0) is 36.4 Å². The zero-order chi connectivity index (χ0) is 25.5. The third kappa shape index (κ3) is 4.82. The minimum atomic E-state index is -4.52. The Morgan fingerprint density at radius 3 is 2.49 bits per heavy atom. The summed E-state index contributed by atoms with van der Waals surface area (Å²) in [4.78, 5) is 14.5. The van der Waals surface area contributed by atoms with Crippen molar-refractivity contribution in [3.8, 4) is 17.2 Å². The zero-order valence-electron chi connectivity index (χ0n) is 17.6. The van der Waals surface area contributed by atoms with Gasteiger partial charge >= 0.3 is 10.1 Å². The molecule has 1 heterocycles. The van der Waals surface area contributed by atoms with E-state index in [-0.39, 0.29) is 54.7 Å². The zero-order valence-corrected chi connectivity index (χ0v) is 20.8. The Bertz CT molecular complexity index is 1700. The smallest absolute Gasteiger partial charge is 0.340 e. The third-order valence-corrected chi connectivity index (χ3v) is 8.83. The molecule has 35 heavy (non-hydrogen) atoms. The van der Waals surface area contributed by atoms with Crippen molar-refractivity contribution in [1.29, 1.82) is 0 Å². The van der Waals surface area contributed by atoms with Gasteiger partial charge in [-0.1, -0.05) is 36.2 Å². The van der Waals surface area contributed by atoms with Gasteiger partial charge in [0.2, 0.25) is 5.89 Å². The van der Waals surface area contributed by atoms with Crippen LogP contribution in [0, 0.1) is 10.1 Å². The van der Waals surface area contributed by atoms with Crippen molar-refractivity contribution in [2.75, 3.05) is 5.75 Å². The van der Waals surface area contributed by atoms with E-state index in [1.54, 1.807) is 0 Å². The van der Waals surface area contributed by atoms with E-state index < -0.39 is 29.8 Å². The summed E-state index contributed by atoms with van der Waals surface area (Å²) in [6.07, 6.45) is 0. The Hall–Kier alpha value is -3.19. The van der Waals surface area contributed by atoms with E-state index in [0.29, 0.717) is 0 Å². The number of nitrogens with zero attached hydrogens (tertiary/aromatic N) is 2. The van der Waals surface area contributed by atoms with Crippen LogP contribution in [-0.2, 0) is 20.0 Å². The first-order chi connectivity index (χ1) is 16.4. The first kappa shape index (κ1) is 24.9. The summed E-state index contributed by atoms with van der Waals surface area (Å²) in [5.74, 6) is -0.688. The van der Waals surface area contributed by atoms with Crippen molar-refractivity contribution in [2.45, 2.75) is 16.7 Å². The highest BCUT2D eigenvalue weighted by Gasteiger charge is 2.26. The molecule has 10 nitrogen and oxygen atoms in total. The molecule has 0 saturated heterocycles. The van der Waals surface area contributed by atoms with Crippen LogP contribution in [-0.4, -0.2) is 32.5 Å². The maximum Gasteiger partial charge on any atom is 0.340 e. The molecule has 0 aliphatic carbocycles. The second kappa shape index (κ2) is 9.11. The van der Waals surface area contributed by atoms with Crippen LogP contribution in [0.4, 0.5) is 5.69 Å². The summed E-state index contributed by atoms with van der Waals surface area (Å²) in [6, 6.07) is 11.1. The molecular weight excluding hydrogens is 543 g/mol. The predicted octanol–water partition coefficient (Wildman–Crippen LogP) is 5.27. The molecule has 3 aromatic carbocycles. The number of benzene rings is 3. The molecule has 0 aliphatic rings. The lowest BCUT2D eigenvalue weighted by Crippen LogP contribution is -2.11. The lowest BCUT2D eigenvalue weighted by atomic mass is 10.2. The van der Waals surface area contributed by atoms with Crippen molar-refractivity contribution in [2.24, 2.45) is 0 Å². The quantitative estimate of drug-likeness (QED) is 0.168. The van der Waals surface area contributed by atoms with Crippen molar-refractivity contribution in [1.82, 2.24) is 4.98 Å². The first-order valence-corrected chi connectivity index (χ1v) is 13.6. The molecule has 0 aliphatic heterocycles. The highest BCUT2D eigenvalue weighted by molar-refractivity contribution is 7.91. The van der Waals surface area contributed by atoms with Gasteiger partial charge in [-0.2, -0.15) is 8.42 Å². The number of non-ortho nitro benzene ring substituents is 1. The van der Waals surface area contributed by atoms with E-state index in [1.165, 1.54) is 43.3 Å². The van der Waals surface area contributed by atoms with Crippen LogP contribution in [0.2, 0.25) is 10.0 Å². The summed E-state index contributed by atoms with van der Waals surface area (Å²) < 4.78 is 61.1. The Morgan fingerprint density at radius 2 is 1.80 bits per heavy atom. The van der Waals surface area contributed by atoms with Gasteiger partial charge in [0.25, 0.3) is 5.69 Å². The van der Waals surface area contributed by atoms with Crippen LogP contribution in [0.5, 0.6) is 5.75 Å². The van der Waals surface area contributed by atoms with Crippen molar-refractivity contribution < 1.29 is 30.4 Å². The average molecular weight is 557 g/mol. The summed E-state index contributed by atoms with van der Waals surface area (Å²) in [5, 5.41) is 11.1. The summed E-state index contributed by atoms with van der Waals surface area (Å²) in [6.45, 7) is 1.49. The normalized spacial score (nSPS) is 12.1. The monoisotopic (exact) mass is 556 g/mol. The molecule has 1 aromatic heterocycles. The van der Waals surface area contributed by atoms with Crippen molar-refractivity contribution in [3.63, 3.8) is 0 Å². The van der Waals surface area contributed by atoms with E-state index >= 15 is 0 Å². The second-order valence-electron chi connectivity index (χ2n) is 7.08. The molecule has 4 rings (SSSR count). The number of oxazole rings is 1. The summed E-state index contributed by atoms with van der Waals surface area (Å²) in [5.41, 5.74) is -0.222. The lowest BCUT2D eigenvalue weighted by molar-refractivity contribution is -0.384. The molecular formula is C21H14Cl2N2O8S2. The maximum absolute atomic E-state index is 12.9. The Balaban J connectivity index is 1.86. The van der Waals surface area contributed by atoms with E-state index in [0.717, 1.165) is 18.2 Å². The molecule has 182 valence electrons. The first-order valence-electron chi connectivity index (χ1n) is 9.73. The molecule has 14 heteroatoms. The van der Waals surface area contributed by atoms with Crippen LogP contribution in [0.1, 0.15) is 6.92 Å². The molecule has 4 aromatic rings. The molecule has 0 radical (unpaired) electrons. The van der Waals surface area contributed by atoms with Crippen LogP contribution in [0.25, 0.3) is 22.6 Å². The molecule has 0 unspecified atom stereocenters. The molecule has 0 saturated carbocycles. The van der Waals surface area contributed by atoms with Gasteiger partial charge in [-0.15, -0.1) is 0 Å². The van der Waals surface area contributed by atoms with Crippen LogP contribution < -0.4 is 4.18 Å². The Labute approximate surface area is 209 Å². The van der Waals surface area contributed by atoms with Gasteiger partial charge < -0.3 is 8.60 Å². The Morgan fingerprint density at radius 1 is 1.06 bits per heavy atom. The number of rotatable bonds is 7.